The smallest absolute Gasteiger partial charge is 0.306 e. The molecule has 0 radical (unpaired) electrons. The van der Waals surface area contributed by atoms with Crippen LogP contribution in [-0.4, -0.2) is 24.6 Å². The Morgan fingerprint density at radius 3 is 2.14 bits per heavy atom. The van der Waals surface area contributed by atoms with Crippen molar-refractivity contribution in [1.29, 1.82) is 0 Å². The number of rotatable bonds is 13. The van der Waals surface area contributed by atoms with Gasteiger partial charge in [-0.05, 0) is 32.1 Å². The molecule has 0 bridgehead atoms. The molecule has 0 fully saturated rings. The highest BCUT2D eigenvalue weighted by atomic mass is 16.5. The first-order valence-corrected chi connectivity index (χ1v) is 8.49. The summed E-state index contributed by atoms with van der Waals surface area (Å²) < 4.78 is 10.5. The maximum Gasteiger partial charge on any atom is 0.306 e. The van der Waals surface area contributed by atoms with Gasteiger partial charge in [0.1, 0.15) is 6.10 Å². The monoisotopic (exact) mass is 300 g/mol. The number of ether oxygens (including phenoxy) is 2. The van der Waals surface area contributed by atoms with E-state index in [2.05, 4.69) is 13.8 Å². The minimum Gasteiger partial charge on any atom is -0.466 e. The molecular weight excluding hydrogens is 268 g/mol. The first kappa shape index (κ1) is 19.9. The summed E-state index contributed by atoms with van der Waals surface area (Å²) in [6, 6.07) is 0. The SMILES string of the molecule is CCCCCC(CC)OC(=O)CCCC(=O)OCCCC. The van der Waals surface area contributed by atoms with E-state index < -0.39 is 0 Å². The van der Waals surface area contributed by atoms with Crippen molar-refractivity contribution in [2.75, 3.05) is 6.61 Å². The number of unbranched alkanes of at least 4 members (excludes halogenated alkanes) is 3. The molecular formula is C17H32O4. The zero-order valence-electron chi connectivity index (χ0n) is 14.0. The molecule has 0 spiro atoms. The summed E-state index contributed by atoms with van der Waals surface area (Å²) in [4.78, 5) is 23.1. The van der Waals surface area contributed by atoms with Crippen molar-refractivity contribution >= 4 is 11.9 Å². The van der Waals surface area contributed by atoms with E-state index in [1.807, 2.05) is 6.92 Å². The van der Waals surface area contributed by atoms with Gasteiger partial charge in [-0.1, -0.05) is 40.0 Å². The minimum absolute atomic E-state index is 0.0283. The third kappa shape index (κ3) is 12.4. The van der Waals surface area contributed by atoms with Crippen molar-refractivity contribution in [3.05, 3.63) is 0 Å². The van der Waals surface area contributed by atoms with Gasteiger partial charge in [-0.3, -0.25) is 9.59 Å². The molecule has 0 aliphatic carbocycles. The molecule has 0 N–H and O–H groups in total. The lowest BCUT2D eigenvalue weighted by Crippen LogP contribution is -2.17. The minimum atomic E-state index is -0.216. The first-order valence-electron chi connectivity index (χ1n) is 8.49. The lowest BCUT2D eigenvalue weighted by molar-refractivity contribution is -0.150. The molecule has 0 aromatic carbocycles. The third-order valence-electron chi connectivity index (χ3n) is 3.41. The van der Waals surface area contributed by atoms with E-state index >= 15 is 0 Å². The Kier molecular flexibility index (Phi) is 13.2. The summed E-state index contributed by atoms with van der Waals surface area (Å²) in [7, 11) is 0. The van der Waals surface area contributed by atoms with E-state index in [-0.39, 0.29) is 18.0 Å². The molecule has 0 saturated heterocycles. The average molecular weight is 300 g/mol. The van der Waals surface area contributed by atoms with E-state index in [9.17, 15) is 9.59 Å². The quantitative estimate of drug-likeness (QED) is 0.373. The second-order valence-corrected chi connectivity index (χ2v) is 5.44. The molecule has 0 heterocycles. The van der Waals surface area contributed by atoms with Crippen molar-refractivity contribution in [1.82, 2.24) is 0 Å². The fourth-order valence-electron chi connectivity index (χ4n) is 1.99. The predicted octanol–water partition coefficient (Wildman–Crippen LogP) is 4.40. The van der Waals surface area contributed by atoms with Gasteiger partial charge < -0.3 is 9.47 Å². The topological polar surface area (TPSA) is 52.6 Å². The fraction of sp³-hybridized carbons (Fsp3) is 0.882. The van der Waals surface area contributed by atoms with Crippen LogP contribution in [0.2, 0.25) is 0 Å². The highest BCUT2D eigenvalue weighted by Gasteiger charge is 2.13. The molecule has 0 aromatic heterocycles. The van der Waals surface area contributed by atoms with Crippen LogP contribution >= 0.6 is 0 Å². The van der Waals surface area contributed by atoms with Crippen molar-refractivity contribution in [2.45, 2.75) is 91.1 Å². The standard InChI is InChI=1S/C17H32O4/c1-4-7-9-11-15(6-3)21-17(19)13-10-12-16(18)20-14-8-5-2/h15H,4-14H2,1-3H3. The zero-order chi connectivity index (χ0) is 15.9. The zero-order valence-corrected chi connectivity index (χ0v) is 14.0. The van der Waals surface area contributed by atoms with Gasteiger partial charge >= 0.3 is 11.9 Å². The highest BCUT2D eigenvalue weighted by molar-refractivity contribution is 5.72. The van der Waals surface area contributed by atoms with E-state index in [0.29, 0.717) is 25.9 Å². The number of carbonyl (C=O) groups is 2. The van der Waals surface area contributed by atoms with Gasteiger partial charge in [0.05, 0.1) is 6.61 Å². The fourth-order valence-corrected chi connectivity index (χ4v) is 1.99. The summed E-state index contributed by atoms with van der Waals surface area (Å²) in [6.07, 6.45) is 8.28. The lowest BCUT2D eigenvalue weighted by Gasteiger charge is -2.15. The van der Waals surface area contributed by atoms with Gasteiger partial charge in [0.15, 0.2) is 0 Å². The molecule has 1 atom stereocenters. The van der Waals surface area contributed by atoms with Gasteiger partial charge in [0.2, 0.25) is 0 Å². The molecule has 4 heteroatoms. The van der Waals surface area contributed by atoms with Crippen LogP contribution in [-0.2, 0) is 19.1 Å². The van der Waals surface area contributed by atoms with Gasteiger partial charge in [0.25, 0.3) is 0 Å². The van der Waals surface area contributed by atoms with Gasteiger partial charge in [-0.15, -0.1) is 0 Å². The van der Waals surface area contributed by atoms with Gasteiger partial charge in [0, 0.05) is 12.8 Å². The summed E-state index contributed by atoms with van der Waals surface area (Å²) >= 11 is 0. The third-order valence-corrected chi connectivity index (χ3v) is 3.41. The van der Waals surface area contributed by atoms with Crippen LogP contribution in [0.25, 0.3) is 0 Å². The Morgan fingerprint density at radius 2 is 1.52 bits per heavy atom. The van der Waals surface area contributed by atoms with Crippen LogP contribution in [0, 0.1) is 0 Å². The lowest BCUT2D eigenvalue weighted by atomic mass is 10.1. The average Bonchev–Trinajstić information content (AvgIpc) is 2.46. The maximum atomic E-state index is 11.7. The highest BCUT2D eigenvalue weighted by Crippen LogP contribution is 2.12. The molecule has 0 aliphatic rings. The summed E-state index contributed by atoms with van der Waals surface area (Å²) in [5, 5.41) is 0. The number of hydrogen-bond donors (Lipinski definition) is 0. The Labute approximate surface area is 129 Å². The number of hydrogen-bond acceptors (Lipinski definition) is 4. The summed E-state index contributed by atoms with van der Waals surface area (Å²) in [5.41, 5.74) is 0. The largest absolute Gasteiger partial charge is 0.466 e. The Balaban J connectivity index is 3.69. The van der Waals surface area contributed by atoms with Crippen LogP contribution < -0.4 is 0 Å². The molecule has 0 aromatic rings. The molecule has 0 rings (SSSR count). The van der Waals surface area contributed by atoms with Crippen LogP contribution in [0.15, 0.2) is 0 Å². The molecule has 124 valence electrons. The molecule has 1 unspecified atom stereocenters. The van der Waals surface area contributed by atoms with Crippen LogP contribution in [0.5, 0.6) is 0 Å². The molecule has 0 amide bonds. The maximum absolute atomic E-state index is 11.7. The molecule has 4 nitrogen and oxygen atoms in total. The van der Waals surface area contributed by atoms with Gasteiger partial charge in [-0.2, -0.15) is 0 Å². The molecule has 0 saturated carbocycles. The van der Waals surface area contributed by atoms with Gasteiger partial charge in [-0.25, -0.2) is 0 Å². The van der Waals surface area contributed by atoms with Crippen molar-refractivity contribution < 1.29 is 19.1 Å². The van der Waals surface area contributed by atoms with E-state index in [4.69, 9.17) is 9.47 Å². The number of carbonyl (C=O) groups excluding carboxylic acids is 2. The Bertz CT molecular complexity index is 276. The van der Waals surface area contributed by atoms with Crippen LogP contribution in [0.3, 0.4) is 0 Å². The summed E-state index contributed by atoms with van der Waals surface area (Å²) in [5.74, 6) is -0.411. The van der Waals surface area contributed by atoms with E-state index in [1.165, 1.54) is 12.8 Å². The van der Waals surface area contributed by atoms with Crippen molar-refractivity contribution in [2.24, 2.45) is 0 Å². The first-order chi connectivity index (χ1) is 10.1. The van der Waals surface area contributed by atoms with Crippen molar-refractivity contribution in [3.63, 3.8) is 0 Å². The normalized spacial score (nSPS) is 12.0. The van der Waals surface area contributed by atoms with Crippen molar-refractivity contribution in [3.8, 4) is 0 Å². The second-order valence-electron chi connectivity index (χ2n) is 5.44. The van der Waals surface area contributed by atoms with Crippen LogP contribution in [0.4, 0.5) is 0 Å². The summed E-state index contributed by atoms with van der Waals surface area (Å²) in [6.45, 7) is 6.73. The van der Waals surface area contributed by atoms with E-state index in [0.717, 1.165) is 32.1 Å². The predicted molar refractivity (Wildman–Crippen MR) is 84.0 cm³/mol. The Hall–Kier alpha value is -1.06. The Morgan fingerprint density at radius 1 is 0.857 bits per heavy atom. The number of esters is 2. The molecule has 21 heavy (non-hydrogen) atoms. The van der Waals surface area contributed by atoms with E-state index in [1.54, 1.807) is 0 Å². The van der Waals surface area contributed by atoms with Crippen LogP contribution in [0.1, 0.15) is 85.0 Å². The molecule has 0 aliphatic heterocycles. The second kappa shape index (κ2) is 13.9.